The summed E-state index contributed by atoms with van der Waals surface area (Å²) < 4.78 is 27.1. The number of nitrogens with zero attached hydrogens (tertiary/aromatic N) is 1. The van der Waals surface area contributed by atoms with Crippen molar-refractivity contribution < 1.29 is 8.42 Å². The van der Waals surface area contributed by atoms with Crippen LogP contribution in [0.5, 0.6) is 0 Å². The summed E-state index contributed by atoms with van der Waals surface area (Å²) in [5.74, 6) is 0.712. The summed E-state index contributed by atoms with van der Waals surface area (Å²) in [6.45, 7) is 2.99. The molecule has 0 saturated heterocycles. The molecule has 1 heterocycles. The van der Waals surface area contributed by atoms with E-state index in [0.717, 1.165) is 25.8 Å². The predicted octanol–water partition coefficient (Wildman–Crippen LogP) is 4.79. The number of hydrogen-bond donors (Lipinski definition) is 2. The highest BCUT2D eigenvalue weighted by Crippen LogP contribution is 2.26. The van der Waals surface area contributed by atoms with Crippen molar-refractivity contribution >= 4 is 44.7 Å². The largest absolute Gasteiger partial charge is 0.370 e. The van der Waals surface area contributed by atoms with Crippen LogP contribution in [0.1, 0.15) is 26.2 Å². The first kappa shape index (κ1) is 18.8. The molecule has 2 rings (SSSR count). The van der Waals surface area contributed by atoms with E-state index in [1.807, 2.05) is 0 Å². The van der Waals surface area contributed by atoms with Crippen molar-refractivity contribution in [2.75, 3.05) is 16.6 Å². The van der Waals surface area contributed by atoms with E-state index in [2.05, 4.69) is 21.9 Å². The van der Waals surface area contributed by atoms with Crippen LogP contribution in [0, 0.1) is 0 Å². The van der Waals surface area contributed by atoms with Crippen LogP contribution in [-0.2, 0) is 10.0 Å². The monoisotopic (exact) mass is 387 g/mol. The van der Waals surface area contributed by atoms with Gasteiger partial charge in [0, 0.05) is 6.54 Å². The van der Waals surface area contributed by atoms with Gasteiger partial charge in [0.05, 0.1) is 26.8 Å². The molecule has 0 bridgehead atoms. The van der Waals surface area contributed by atoms with Crippen molar-refractivity contribution in [1.29, 1.82) is 0 Å². The topological polar surface area (TPSA) is 71.1 Å². The maximum absolute atomic E-state index is 12.3. The van der Waals surface area contributed by atoms with Crippen molar-refractivity contribution in [2.45, 2.75) is 31.1 Å². The van der Waals surface area contributed by atoms with Crippen molar-refractivity contribution in [2.24, 2.45) is 0 Å². The van der Waals surface area contributed by atoms with Gasteiger partial charge >= 0.3 is 0 Å². The Morgan fingerprint density at radius 2 is 1.88 bits per heavy atom. The van der Waals surface area contributed by atoms with Gasteiger partial charge in [-0.1, -0.05) is 43.0 Å². The molecule has 0 aliphatic heterocycles. The second-order valence-corrected chi connectivity index (χ2v) is 7.74. The van der Waals surface area contributed by atoms with Crippen LogP contribution in [0.2, 0.25) is 10.0 Å². The van der Waals surface area contributed by atoms with Crippen LogP contribution in [0.25, 0.3) is 0 Å². The number of aromatic nitrogens is 1. The summed E-state index contributed by atoms with van der Waals surface area (Å²) in [5, 5.41) is 3.68. The molecule has 0 aliphatic rings. The Balaban J connectivity index is 2.03. The molecule has 1 aromatic carbocycles. The fourth-order valence-corrected chi connectivity index (χ4v) is 3.44. The molecule has 0 unspecified atom stereocenters. The van der Waals surface area contributed by atoms with E-state index in [-0.39, 0.29) is 9.92 Å². The van der Waals surface area contributed by atoms with E-state index < -0.39 is 10.0 Å². The summed E-state index contributed by atoms with van der Waals surface area (Å²) in [7, 11) is -3.74. The number of unbranched alkanes of at least 4 members (excludes halogenated alkanes) is 2. The third-order valence-electron chi connectivity index (χ3n) is 3.30. The SMILES string of the molecule is CCCCCNc1ccc(NS(=O)(=O)c2ccc(Cl)c(Cl)c2)cn1. The van der Waals surface area contributed by atoms with Gasteiger partial charge in [-0.2, -0.15) is 0 Å². The van der Waals surface area contributed by atoms with Crippen molar-refractivity contribution in [3.63, 3.8) is 0 Å². The quantitative estimate of drug-likeness (QED) is 0.638. The van der Waals surface area contributed by atoms with Crippen LogP contribution in [-0.4, -0.2) is 19.9 Å². The lowest BCUT2D eigenvalue weighted by Crippen LogP contribution is -2.13. The third-order valence-corrected chi connectivity index (χ3v) is 5.42. The van der Waals surface area contributed by atoms with E-state index in [1.165, 1.54) is 24.4 Å². The molecule has 0 fully saturated rings. The molecule has 130 valence electrons. The van der Waals surface area contributed by atoms with Gasteiger partial charge in [-0.05, 0) is 36.8 Å². The lowest BCUT2D eigenvalue weighted by atomic mass is 10.2. The Morgan fingerprint density at radius 1 is 1.08 bits per heavy atom. The van der Waals surface area contributed by atoms with Gasteiger partial charge in [0.1, 0.15) is 5.82 Å². The molecule has 8 heteroatoms. The van der Waals surface area contributed by atoms with Crippen LogP contribution in [0.15, 0.2) is 41.4 Å². The Hall–Kier alpha value is -1.50. The lowest BCUT2D eigenvalue weighted by molar-refractivity contribution is 0.601. The first-order chi connectivity index (χ1) is 11.4. The van der Waals surface area contributed by atoms with Crippen LogP contribution < -0.4 is 10.0 Å². The predicted molar refractivity (Wildman–Crippen MR) is 99.5 cm³/mol. The molecule has 2 N–H and O–H groups in total. The highest BCUT2D eigenvalue weighted by Gasteiger charge is 2.15. The molecular weight excluding hydrogens is 369 g/mol. The van der Waals surface area contributed by atoms with Crippen molar-refractivity contribution in [3.8, 4) is 0 Å². The number of anilines is 2. The molecule has 5 nitrogen and oxygen atoms in total. The Labute approximate surface area is 152 Å². The highest BCUT2D eigenvalue weighted by molar-refractivity contribution is 7.92. The zero-order chi connectivity index (χ0) is 17.6. The summed E-state index contributed by atoms with van der Waals surface area (Å²) in [5.41, 5.74) is 0.375. The number of halogens is 2. The molecule has 24 heavy (non-hydrogen) atoms. The fourth-order valence-electron chi connectivity index (χ4n) is 2.01. The van der Waals surface area contributed by atoms with Crippen LogP contribution >= 0.6 is 23.2 Å². The number of sulfonamides is 1. The Kier molecular flexibility index (Phi) is 6.71. The number of pyridine rings is 1. The molecule has 0 saturated carbocycles. The standard InChI is InChI=1S/C16H19Cl2N3O2S/c1-2-3-4-9-19-16-8-5-12(11-20-16)21-24(22,23)13-6-7-14(17)15(18)10-13/h5-8,10-11,21H,2-4,9H2,1H3,(H,19,20). The minimum absolute atomic E-state index is 0.0404. The Morgan fingerprint density at radius 3 is 2.50 bits per heavy atom. The van der Waals surface area contributed by atoms with Crippen molar-refractivity contribution in [1.82, 2.24) is 4.98 Å². The van der Waals surface area contributed by atoms with Gasteiger partial charge in [0.2, 0.25) is 0 Å². The van der Waals surface area contributed by atoms with E-state index in [9.17, 15) is 8.42 Å². The molecule has 0 radical (unpaired) electrons. The van der Waals surface area contributed by atoms with Gasteiger partial charge < -0.3 is 5.32 Å². The number of nitrogens with one attached hydrogen (secondary N) is 2. The second kappa shape index (κ2) is 8.55. The van der Waals surface area contributed by atoms with Gasteiger partial charge in [0.25, 0.3) is 10.0 Å². The fraction of sp³-hybridized carbons (Fsp3) is 0.312. The average Bonchev–Trinajstić information content (AvgIpc) is 2.55. The molecular formula is C16H19Cl2N3O2S. The number of benzene rings is 1. The van der Waals surface area contributed by atoms with Crippen molar-refractivity contribution in [3.05, 3.63) is 46.6 Å². The molecule has 1 aromatic heterocycles. The minimum atomic E-state index is -3.74. The summed E-state index contributed by atoms with van der Waals surface area (Å²) in [6.07, 6.45) is 4.86. The second-order valence-electron chi connectivity index (χ2n) is 5.25. The zero-order valence-corrected chi connectivity index (χ0v) is 15.5. The molecule has 0 amide bonds. The number of hydrogen-bond acceptors (Lipinski definition) is 4. The highest BCUT2D eigenvalue weighted by atomic mass is 35.5. The van der Waals surface area contributed by atoms with Gasteiger partial charge in [0.15, 0.2) is 0 Å². The zero-order valence-electron chi connectivity index (χ0n) is 13.2. The molecule has 2 aromatic rings. The maximum Gasteiger partial charge on any atom is 0.261 e. The first-order valence-corrected chi connectivity index (χ1v) is 9.84. The summed E-state index contributed by atoms with van der Waals surface area (Å²) >= 11 is 11.7. The van der Waals surface area contributed by atoms with E-state index in [1.54, 1.807) is 12.1 Å². The van der Waals surface area contributed by atoms with Crippen LogP contribution in [0.3, 0.4) is 0 Å². The average molecular weight is 388 g/mol. The summed E-state index contributed by atoms with van der Waals surface area (Å²) in [6, 6.07) is 7.54. The smallest absolute Gasteiger partial charge is 0.261 e. The van der Waals surface area contributed by atoms with Crippen LogP contribution in [0.4, 0.5) is 11.5 Å². The molecule has 0 spiro atoms. The van der Waals surface area contributed by atoms with Gasteiger partial charge in [-0.25, -0.2) is 13.4 Å². The minimum Gasteiger partial charge on any atom is -0.370 e. The summed E-state index contributed by atoms with van der Waals surface area (Å²) in [4.78, 5) is 4.24. The molecule has 0 atom stereocenters. The normalized spacial score (nSPS) is 11.3. The molecule has 0 aliphatic carbocycles. The Bertz CT molecular complexity index is 780. The first-order valence-electron chi connectivity index (χ1n) is 7.60. The van der Waals surface area contributed by atoms with E-state index in [4.69, 9.17) is 23.2 Å². The number of rotatable bonds is 8. The van der Waals surface area contributed by atoms with Gasteiger partial charge in [-0.15, -0.1) is 0 Å². The third kappa shape index (κ3) is 5.26. The van der Waals surface area contributed by atoms with Gasteiger partial charge in [-0.3, -0.25) is 4.72 Å². The maximum atomic E-state index is 12.3. The van der Waals surface area contributed by atoms with E-state index >= 15 is 0 Å². The lowest BCUT2D eigenvalue weighted by Gasteiger charge is -2.10. The van der Waals surface area contributed by atoms with E-state index in [0.29, 0.717) is 16.5 Å².